The van der Waals surface area contributed by atoms with Crippen LogP contribution < -0.4 is 0 Å². The average Bonchev–Trinajstić information content (AvgIpc) is 2.42. The van der Waals surface area contributed by atoms with Gasteiger partial charge in [-0.3, -0.25) is 0 Å². The third-order valence-corrected chi connectivity index (χ3v) is 4.20. The van der Waals surface area contributed by atoms with Gasteiger partial charge in [0, 0.05) is 5.41 Å². The van der Waals surface area contributed by atoms with E-state index >= 15 is 0 Å². The summed E-state index contributed by atoms with van der Waals surface area (Å²) >= 11 is 11.9. The third kappa shape index (κ3) is 2.94. The van der Waals surface area contributed by atoms with Gasteiger partial charge in [-0.25, -0.2) is 0 Å². The normalized spacial score (nSPS) is 13.3. The van der Waals surface area contributed by atoms with Gasteiger partial charge >= 0.3 is 0 Å². The molecule has 1 atom stereocenters. The highest BCUT2D eigenvalue weighted by Crippen LogP contribution is 2.38. The van der Waals surface area contributed by atoms with Gasteiger partial charge in [0.05, 0.1) is 16.1 Å². The second-order valence-corrected chi connectivity index (χ2v) is 5.98. The lowest BCUT2D eigenvalue weighted by molar-refractivity contribution is 0.100. The van der Waals surface area contributed by atoms with Crippen molar-refractivity contribution < 1.29 is 5.11 Å². The van der Waals surface area contributed by atoms with E-state index in [9.17, 15) is 5.11 Å². The molecule has 0 aliphatic carbocycles. The summed E-state index contributed by atoms with van der Waals surface area (Å²) in [5.41, 5.74) is 1.44. The van der Waals surface area contributed by atoms with E-state index in [2.05, 4.69) is 0 Å². The van der Waals surface area contributed by atoms with Gasteiger partial charge in [-0.05, 0) is 23.3 Å². The number of aliphatic hydroxyl groups excluding tert-OH is 1. The minimum atomic E-state index is -0.648. The molecule has 0 amide bonds. The first-order valence-electron chi connectivity index (χ1n) is 6.11. The molecule has 1 N–H and O–H groups in total. The highest BCUT2D eigenvalue weighted by Gasteiger charge is 2.31. The minimum Gasteiger partial charge on any atom is -0.388 e. The Balaban J connectivity index is 2.37. The molecule has 0 radical (unpaired) electrons. The fourth-order valence-corrected chi connectivity index (χ4v) is 2.43. The van der Waals surface area contributed by atoms with Gasteiger partial charge in [-0.15, -0.1) is 0 Å². The summed E-state index contributed by atoms with van der Waals surface area (Å²) in [6, 6.07) is 15.2. The molecule has 0 aromatic heterocycles. The van der Waals surface area contributed by atoms with Gasteiger partial charge in [0.1, 0.15) is 0 Å². The summed E-state index contributed by atoms with van der Waals surface area (Å²) < 4.78 is 0. The minimum absolute atomic E-state index is 0.404. The molecule has 0 aliphatic heterocycles. The predicted octanol–water partition coefficient (Wildman–Crippen LogP) is 5.00. The fourth-order valence-electron chi connectivity index (χ4n) is 2.12. The summed E-state index contributed by atoms with van der Waals surface area (Å²) in [6.07, 6.45) is -0.648. The quantitative estimate of drug-likeness (QED) is 0.844. The first-order chi connectivity index (χ1) is 8.93. The molecule has 0 heterocycles. The zero-order valence-corrected chi connectivity index (χ0v) is 12.4. The largest absolute Gasteiger partial charge is 0.388 e. The van der Waals surface area contributed by atoms with Crippen molar-refractivity contribution >= 4 is 23.2 Å². The van der Waals surface area contributed by atoms with Gasteiger partial charge in [0.2, 0.25) is 0 Å². The van der Waals surface area contributed by atoms with Gasteiger partial charge in [-0.2, -0.15) is 0 Å². The Hall–Kier alpha value is -1.02. The van der Waals surface area contributed by atoms with Crippen molar-refractivity contribution in [2.24, 2.45) is 0 Å². The Labute approximate surface area is 123 Å². The van der Waals surface area contributed by atoms with E-state index in [1.54, 1.807) is 12.1 Å². The molecule has 19 heavy (non-hydrogen) atoms. The Morgan fingerprint density at radius 2 is 1.58 bits per heavy atom. The number of rotatable bonds is 3. The van der Waals surface area contributed by atoms with Gasteiger partial charge in [0.15, 0.2) is 0 Å². The number of halogens is 2. The zero-order valence-electron chi connectivity index (χ0n) is 10.9. The maximum atomic E-state index is 10.6. The zero-order chi connectivity index (χ0) is 14.0. The van der Waals surface area contributed by atoms with E-state index in [0.717, 1.165) is 11.1 Å². The van der Waals surface area contributed by atoms with Crippen LogP contribution in [0.15, 0.2) is 48.5 Å². The Morgan fingerprint density at radius 1 is 0.947 bits per heavy atom. The van der Waals surface area contributed by atoms with Crippen molar-refractivity contribution in [1.82, 2.24) is 0 Å². The monoisotopic (exact) mass is 294 g/mol. The highest BCUT2D eigenvalue weighted by molar-refractivity contribution is 6.42. The second-order valence-electron chi connectivity index (χ2n) is 5.16. The van der Waals surface area contributed by atoms with E-state index in [0.29, 0.717) is 10.0 Å². The van der Waals surface area contributed by atoms with Crippen LogP contribution in [0.5, 0.6) is 0 Å². The molecule has 2 aromatic carbocycles. The topological polar surface area (TPSA) is 20.2 Å². The standard InChI is InChI=1S/C16H16Cl2O/c1-16(2,12-6-4-3-5-7-12)15(19)11-8-9-13(17)14(18)10-11/h3-10,15,19H,1-2H3. The molecule has 0 saturated carbocycles. The van der Waals surface area contributed by atoms with Crippen molar-refractivity contribution in [3.05, 3.63) is 69.7 Å². The molecule has 0 aliphatic rings. The smallest absolute Gasteiger partial charge is 0.0881 e. The lowest BCUT2D eigenvalue weighted by Gasteiger charge is -2.31. The lowest BCUT2D eigenvalue weighted by atomic mass is 9.77. The highest BCUT2D eigenvalue weighted by atomic mass is 35.5. The van der Waals surface area contributed by atoms with E-state index in [1.807, 2.05) is 50.2 Å². The number of aliphatic hydroxyl groups is 1. The molecule has 0 spiro atoms. The van der Waals surface area contributed by atoms with Crippen LogP contribution >= 0.6 is 23.2 Å². The van der Waals surface area contributed by atoms with Gasteiger partial charge < -0.3 is 5.11 Å². The van der Waals surface area contributed by atoms with Crippen molar-refractivity contribution in [3.63, 3.8) is 0 Å². The van der Waals surface area contributed by atoms with Crippen LogP contribution in [0.25, 0.3) is 0 Å². The Bertz CT molecular complexity index is 564. The van der Waals surface area contributed by atoms with Crippen molar-refractivity contribution in [2.75, 3.05) is 0 Å². The summed E-state index contributed by atoms with van der Waals surface area (Å²) in [7, 11) is 0. The SMILES string of the molecule is CC(C)(c1ccccc1)C(O)c1ccc(Cl)c(Cl)c1. The molecular weight excluding hydrogens is 279 g/mol. The molecule has 2 rings (SSSR count). The van der Waals surface area contributed by atoms with Crippen LogP contribution in [-0.4, -0.2) is 5.11 Å². The predicted molar refractivity (Wildman–Crippen MR) is 80.9 cm³/mol. The number of benzene rings is 2. The fraction of sp³-hybridized carbons (Fsp3) is 0.250. The maximum Gasteiger partial charge on any atom is 0.0881 e. The van der Waals surface area contributed by atoms with E-state index in [1.165, 1.54) is 0 Å². The molecule has 0 fully saturated rings. The van der Waals surface area contributed by atoms with Crippen LogP contribution in [0.1, 0.15) is 31.1 Å². The summed E-state index contributed by atoms with van der Waals surface area (Å²) in [5, 5.41) is 11.6. The molecule has 100 valence electrons. The third-order valence-electron chi connectivity index (χ3n) is 3.46. The molecule has 1 unspecified atom stereocenters. The Kier molecular flexibility index (Phi) is 4.19. The second kappa shape index (κ2) is 5.54. The molecule has 1 nitrogen and oxygen atoms in total. The molecule has 3 heteroatoms. The van der Waals surface area contributed by atoms with Crippen LogP contribution in [0.3, 0.4) is 0 Å². The Morgan fingerprint density at radius 3 is 2.16 bits per heavy atom. The van der Waals surface area contributed by atoms with Gasteiger partial charge in [-0.1, -0.05) is 73.4 Å². The summed E-state index contributed by atoms with van der Waals surface area (Å²) in [5.74, 6) is 0. The maximum absolute atomic E-state index is 10.6. The number of hydrogen-bond donors (Lipinski definition) is 1. The van der Waals surface area contributed by atoms with E-state index < -0.39 is 11.5 Å². The van der Waals surface area contributed by atoms with Crippen LogP contribution in [0.4, 0.5) is 0 Å². The summed E-state index contributed by atoms with van der Waals surface area (Å²) in [6.45, 7) is 4.02. The number of hydrogen-bond acceptors (Lipinski definition) is 1. The molecule has 0 bridgehead atoms. The van der Waals surface area contributed by atoms with Crippen molar-refractivity contribution in [3.8, 4) is 0 Å². The first kappa shape index (κ1) is 14.4. The van der Waals surface area contributed by atoms with Crippen LogP contribution in [-0.2, 0) is 5.41 Å². The van der Waals surface area contributed by atoms with Crippen LogP contribution in [0, 0.1) is 0 Å². The summed E-state index contributed by atoms with van der Waals surface area (Å²) in [4.78, 5) is 0. The first-order valence-corrected chi connectivity index (χ1v) is 6.87. The molecule has 2 aromatic rings. The van der Waals surface area contributed by atoms with Gasteiger partial charge in [0.25, 0.3) is 0 Å². The van der Waals surface area contributed by atoms with E-state index in [-0.39, 0.29) is 0 Å². The average molecular weight is 295 g/mol. The van der Waals surface area contributed by atoms with Crippen molar-refractivity contribution in [2.45, 2.75) is 25.4 Å². The molecular formula is C16H16Cl2O. The van der Waals surface area contributed by atoms with Crippen molar-refractivity contribution in [1.29, 1.82) is 0 Å². The van der Waals surface area contributed by atoms with E-state index in [4.69, 9.17) is 23.2 Å². The lowest BCUT2D eigenvalue weighted by Crippen LogP contribution is -2.26. The van der Waals surface area contributed by atoms with Crippen LogP contribution in [0.2, 0.25) is 10.0 Å². The molecule has 0 saturated heterocycles.